The molecule has 43 heavy (non-hydrogen) atoms. The molecule has 3 aromatic rings. The minimum Gasteiger partial charge on any atom is -0.497 e. The fourth-order valence-corrected chi connectivity index (χ4v) is 5.90. The number of dihydropyridines is 1. The molecule has 5 rings (SSSR count). The quantitative estimate of drug-likeness (QED) is 0.236. The van der Waals surface area contributed by atoms with Crippen molar-refractivity contribution in [2.75, 3.05) is 20.3 Å². The molecule has 0 bridgehead atoms. The summed E-state index contributed by atoms with van der Waals surface area (Å²) in [4.78, 5) is 41.4. The number of ether oxygens (including phenoxy) is 4. The van der Waals surface area contributed by atoms with Gasteiger partial charge in [0.25, 0.3) is 0 Å². The highest BCUT2D eigenvalue weighted by Gasteiger charge is 2.49. The van der Waals surface area contributed by atoms with Crippen LogP contribution in [0, 0.1) is 5.92 Å². The molecular weight excluding hydrogens is 546 g/mol. The lowest BCUT2D eigenvalue weighted by atomic mass is 9.67. The predicted molar refractivity (Wildman–Crippen MR) is 161 cm³/mol. The Morgan fingerprint density at radius 3 is 2.21 bits per heavy atom. The van der Waals surface area contributed by atoms with Crippen LogP contribution in [0.25, 0.3) is 0 Å². The van der Waals surface area contributed by atoms with Gasteiger partial charge >= 0.3 is 11.9 Å². The molecule has 8 heteroatoms. The lowest BCUT2D eigenvalue weighted by Crippen LogP contribution is -2.43. The Labute approximate surface area is 251 Å². The molecule has 3 atom stereocenters. The first-order valence-corrected chi connectivity index (χ1v) is 14.4. The largest absolute Gasteiger partial charge is 0.497 e. The standard InChI is InChI=1S/C35H35NO7/c1-5-41-34(38)29-21(3)36-28-20-27(22-15-17-24(40-4)18-16-22)31(35(39)42-6-2)33(37)32(28)30(29)23-11-10-14-26(19-23)43-25-12-8-7-9-13-25/h7-19,27,30-31,36H,5-6,20H2,1-4H3/t27-,30+,31+/m0/s1. The molecule has 0 saturated heterocycles. The van der Waals surface area contributed by atoms with Crippen molar-refractivity contribution in [3.63, 3.8) is 0 Å². The molecule has 222 valence electrons. The van der Waals surface area contributed by atoms with Gasteiger partial charge in [0, 0.05) is 28.8 Å². The number of methoxy groups -OCH3 is 1. The molecule has 2 aliphatic rings. The third-order valence-electron chi connectivity index (χ3n) is 7.77. The van der Waals surface area contributed by atoms with Crippen molar-refractivity contribution in [3.8, 4) is 17.2 Å². The minimum absolute atomic E-state index is 0.136. The monoisotopic (exact) mass is 581 g/mol. The topological polar surface area (TPSA) is 100 Å². The first-order valence-electron chi connectivity index (χ1n) is 14.4. The van der Waals surface area contributed by atoms with E-state index in [1.165, 1.54) is 0 Å². The lowest BCUT2D eigenvalue weighted by molar-refractivity contribution is -0.152. The maximum atomic E-state index is 14.5. The maximum absolute atomic E-state index is 14.5. The number of rotatable bonds is 9. The summed E-state index contributed by atoms with van der Waals surface area (Å²) < 4.78 is 22.3. The first kappa shape index (κ1) is 29.6. The third-order valence-corrected chi connectivity index (χ3v) is 7.77. The molecule has 1 aliphatic heterocycles. The van der Waals surface area contributed by atoms with Gasteiger partial charge in [0.05, 0.1) is 25.9 Å². The summed E-state index contributed by atoms with van der Waals surface area (Å²) in [5.74, 6) is -1.99. The Morgan fingerprint density at radius 2 is 1.53 bits per heavy atom. The van der Waals surface area contributed by atoms with Crippen LogP contribution >= 0.6 is 0 Å². The summed E-state index contributed by atoms with van der Waals surface area (Å²) in [6.45, 7) is 5.56. The van der Waals surface area contributed by atoms with Gasteiger partial charge in [-0.05, 0) is 74.7 Å². The number of carbonyl (C=O) groups excluding carboxylic acids is 3. The average Bonchev–Trinajstić information content (AvgIpc) is 3.01. The first-order chi connectivity index (χ1) is 20.9. The van der Waals surface area contributed by atoms with Crippen LogP contribution in [0.4, 0.5) is 0 Å². The Bertz CT molecular complexity index is 1570. The summed E-state index contributed by atoms with van der Waals surface area (Å²) in [5, 5.41) is 3.34. The van der Waals surface area contributed by atoms with Crippen LogP contribution in [0.2, 0.25) is 0 Å². The second-order valence-electron chi connectivity index (χ2n) is 10.4. The maximum Gasteiger partial charge on any atom is 0.336 e. The van der Waals surface area contributed by atoms with E-state index in [0.717, 1.165) is 5.56 Å². The van der Waals surface area contributed by atoms with Crippen molar-refractivity contribution in [3.05, 3.63) is 113 Å². The Kier molecular flexibility index (Phi) is 8.95. The van der Waals surface area contributed by atoms with Crippen molar-refractivity contribution in [2.24, 2.45) is 5.92 Å². The number of para-hydroxylation sites is 1. The smallest absolute Gasteiger partial charge is 0.336 e. The summed E-state index contributed by atoms with van der Waals surface area (Å²) >= 11 is 0. The van der Waals surface area contributed by atoms with Crippen LogP contribution in [0.3, 0.4) is 0 Å². The van der Waals surface area contributed by atoms with Gasteiger partial charge in [-0.2, -0.15) is 0 Å². The zero-order valence-corrected chi connectivity index (χ0v) is 24.7. The number of ketones is 1. The Hall–Kier alpha value is -4.85. The highest BCUT2D eigenvalue weighted by atomic mass is 16.5. The van der Waals surface area contributed by atoms with Gasteiger partial charge in [-0.1, -0.05) is 42.5 Å². The molecular formula is C35H35NO7. The van der Waals surface area contributed by atoms with Crippen LogP contribution in [-0.2, 0) is 23.9 Å². The predicted octanol–water partition coefficient (Wildman–Crippen LogP) is 6.20. The van der Waals surface area contributed by atoms with E-state index in [1.54, 1.807) is 27.9 Å². The summed E-state index contributed by atoms with van der Waals surface area (Å²) in [6, 6.07) is 24.0. The zero-order valence-electron chi connectivity index (χ0n) is 24.7. The number of esters is 2. The number of nitrogens with one attached hydrogen (secondary N) is 1. The van der Waals surface area contributed by atoms with Crippen LogP contribution < -0.4 is 14.8 Å². The second-order valence-corrected chi connectivity index (χ2v) is 10.4. The van der Waals surface area contributed by atoms with E-state index in [2.05, 4.69) is 5.32 Å². The average molecular weight is 582 g/mol. The van der Waals surface area contributed by atoms with Crippen molar-refractivity contribution in [1.29, 1.82) is 0 Å². The minimum atomic E-state index is -1.10. The van der Waals surface area contributed by atoms with Crippen LogP contribution in [0.15, 0.2) is 101 Å². The van der Waals surface area contributed by atoms with E-state index in [4.69, 9.17) is 18.9 Å². The van der Waals surface area contributed by atoms with Crippen LogP contribution in [0.5, 0.6) is 17.2 Å². The molecule has 0 unspecified atom stereocenters. The van der Waals surface area contributed by atoms with E-state index in [1.807, 2.05) is 78.9 Å². The van der Waals surface area contributed by atoms with Gasteiger partial charge in [-0.15, -0.1) is 0 Å². The van der Waals surface area contributed by atoms with Crippen molar-refractivity contribution < 1.29 is 33.3 Å². The second kappa shape index (κ2) is 13.0. The van der Waals surface area contributed by atoms with Gasteiger partial charge in [-0.3, -0.25) is 9.59 Å². The number of benzene rings is 3. The number of allylic oxidation sites excluding steroid dienone is 3. The summed E-state index contributed by atoms with van der Waals surface area (Å²) in [5.41, 5.74) is 3.41. The number of hydrogen-bond acceptors (Lipinski definition) is 8. The SMILES string of the molecule is CCOC(=O)C1=C(C)NC2=C(C(=O)[C@H](C(=O)OCC)[C@H](c3ccc(OC)cc3)C2)[C@@H]1c1cccc(Oc2ccccc2)c1. The molecule has 0 spiro atoms. The molecule has 0 amide bonds. The van der Waals surface area contributed by atoms with E-state index in [9.17, 15) is 14.4 Å². The molecule has 1 aliphatic carbocycles. The zero-order chi connectivity index (χ0) is 30.5. The highest BCUT2D eigenvalue weighted by molar-refractivity contribution is 6.13. The van der Waals surface area contributed by atoms with Gasteiger partial charge in [0.2, 0.25) is 0 Å². The molecule has 0 saturated carbocycles. The third kappa shape index (κ3) is 6.04. The number of hydrogen-bond donors (Lipinski definition) is 1. The van der Waals surface area contributed by atoms with Crippen LogP contribution in [0.1, 0.15) is 50.2 Å². The van der Waals surface area contributed by atoms with Gasteiger partial charge in [-0.25, -0.2) is 4.79 Å². The highest BCUT2D eigenvalue weighted by Crippen LogP contribution is 2.48. The fourth-order valence-electron chi connectivity index (χ4n) is 5.90. The van der Waals surface area contributed by atoms with Gasteiger partial charge in [0.15, 0.2) is 5.78 Å². The summed E-state index contributed by atoms with van der Waals surface area (Å²) in [7, 11) is 1.58. The van der Waals surface area contributed by atoms with E-state index < -0.39 is 29.7 Å². The molecule has 0 fully saturated rings. The summed E-state index contributed by atoms with van der Waals surface area (Å²) in [6.07, 6.45) is 0.362. The fraction of sp³-hybridized carbons (Fsp3) is 0.286. The molecule has 8 nitrogen and oxygen atoms in total. The molecule has 0 aromatic heterocycles. The van der Waals surface area contributed by atoms with Crippen molar-refractivity contribution in [1.82, 2.24) is 5.32 Å². The Balaban J connectivity index is 1.64. The normalized spacial score (nSPS) is 19.7. The van der Waals surface area contributed by atoms with E-state index in [-0.39, 0.29) is 19.0 Å². The van der Waals surface area contributed by atoms with E-state index in [0.29, 0.717) is 51.8 Å². The van der Waals surface area contributed by atoms with Crippen LogP contribution in [-0.4, -0.2) is 38.0 Å². The lowest BCUT2D eigenvalue weighted by Gasteiger charge is -2.39. The number of carbonyl (C=O) groups is 3. The number of Topliss-reactive ketones (excluding diaryl/α,β-unsaturated/α-hetero) is 1. The molecule has 3 aromatic carbocycles. The van der Waals surface area contributed by atoms with Crippen molar-refractivity contribution >= 4 is 17.7 Å². The van der Waals surface area contributed by atoms with Gasteiger partial charge in [0.1, 0.15) is 23.2 Å². The molecule has 1 N–H and O–H groups in total. The van der Waals surface area contributed by atoms with E-state index >= 15 is 0 Å². The van der Waals surface area contributed by atoms with Crippen molar-refractivity contribution in [2.45, 2.75) is 39.0 Å². The molecule has 0 radical (unpaired) electrons. The molecule has 1 heterocycles. The Morgan fingerprint density at radius 1 is 0.837 bits per heavy atom. The van der Waals surface area contributed by atoms with Gasteiger partial charge < -0.3 is 24.3 Å².